The number of nitrogens with two attached hydrogens (primary N) is 1. The molecule has 3 nitrogen and oxygen atoms in total. The first-order valence-electron chi connectivity index (χ1n) is 5.81. The van der Waals surface area contributed by atoms with E-state index in [1.165, 1.54) is 31.2 Å². The Bertz CT molecular complexity index is 735. The van der Waals surface area contributed by atoms with Crippen molar-refractivity contribution in [3.63, 3.8) is 0 Å². The van der Waals surface area contributed by atoms with Crippen LogP contribution in [0.5, 0.6) is 0 Å². The van der Waals surface area contributed by atoms with Crippen molar-refractivity contribution in [2.24, 2.45) is 0 Å². The summed E-state index contributed by atoms with van der Waals surface area (Å²) in [6.45, 7) is 1.52. The molecule has 3 N–H and O–H groups in total. The molecule has 7 heteroatoms. The van der Waals surface area contributed by atoms with Gasteiger partial charge in [0.1, 0.15) is 5.82 Å². The number of hydrogen-bond donors (Lipinski definition) is 2. The quantitative estimate of drug-likeness (QED) is 0.598. The number of hydrogen-bond acceptors (Lipinski definition) is 2. The van der Waals surface area contributed by atoms with Crippen LogP contribution in [0.1, 0.15) is 15.9 Å². The fraction of sp³-hybridized carbons (Fsp3) is 0.0714. The second kappa shape index (κ2) is 6.10. The zero-order chi connectivity index (χ0) is 15.7. The van der Waals surface area contributed by atoms with Gasteiger partial charge in [-0.3, -0.25) is 4.79 Å². The Kier molecular flexibility index (Phi) is 4.61. The molecule has 0 saturated carbocycles. The number of rotatable bonds is 2. The van der Waals surface area contributed by atoms with Crippen LogP contribution in [0.4, 0.5) is 15.8 Å². The van der Waals surface area contributed by atoms with Crippen LogP contribution < -0.4 is 11.1 Å². The molecule has 0 fully saturated rings. The molecule has 2 aromatic rings. The Labute approximate surface area is 135 Å². The third-order valence-electron chi connectivity index (χ3n) is 2.78. The maximum atomic E-state index is 14.0. The van der Waals surface area contributed by atoms with Gasteiger partial charge in [-0.15, -0.1) is 0 Å². The fourth-order valence-electron chi connectivity index (χ4n) is 1.77. The number of benzene rings is 2. The minimum Gasteiger partial charge on any atom is -0.399 e. The number of anilines is 2. The molecule has 0 aliphatic heterocycles. The van der Waals surface area contributed by atoms with Gasteiger partial charge in [-0.05, 0) is 36.8 Å². The van der Waals surface area contributed by atoms with E-state index in [-0.39, 0.29) is 31.9 Å². The molecule has 2 aromatic carbocycles. The minimum absolute atomic E-state index is 0.172. The van der Waals surface area contributed by atoms with Gasteiger partial charge >= 0.3 is 0 Å². The molecule has 0 spiro atoms. The highest BCUT2D eigenvalue weighted by molar-refractivity contribution is 6.44. The van der Waals surface area contributed by atoms with Crippen LogP contribution in [-0.2, 0) is 0 Å². The van der Waals surface area contributed by atoms with Crippen LogP contribution in [0.2, 0.25) is 15.1 Å². The smallest absolute Gasteiger partial charge is 0.258 e. The highest BCUT2D eigenvalue weighted by Gasteiger charge is 2.16. The van der Waals surface area contributed by atoms with Crippen LogP contribution >= 0.6 is 34.8 Å². The van der Waals surface area contributed by atoms with E-state index in [2.05, 4.69) is 5.32 Å². The SMILES string of the molecule is Cc1cc(N)cc(C(=O)Nc2cc(Cl)c(Cl)cc2Cl)c1F. The predicted molar refractivity (Wildman–Crippen MR) is 85.0 cm³/mol. The van der Waals surface area contributed by atoms with Gasteiger partial charge in [0.25, 0.3) is 5.91 Å². The molecule has 0 unspecified atom stereocenters. The van der Waals surface area contributed by atoms with Crippen molar-refractivity contribution < 1.29 is 9.18 Å². The molecular formula is C14H10Cl3FN2O. The average Bonchev–Trinajstić information content (AvgIpc) is 2.40. The molecule has 0 atom stereocenters. The fourth-order valence-corrected chi connectivity index (χ4v) is 2.36. The summed E-state index contributed by atoms with van der Waals surface area (Å²) in [7, 11) is 0. The topological polar surface area (TPSA) is 55.1 Å². The zero-order valence-electron chi connectivity index (χ0n) is 10.8. The molecule has 0 bridgehead atoms. The summed E-state index contributed by atoms with van der Waals surface area (Å²) in [5.74, 6) is -1.32. The third kappa shape index (κ3) is 3.40. The van der Waals surface area contributed by atoms with Gasteiger partial charge in [0.05, 0.1) is 26.3 Å². The largest absolute Gasteiger partial charge is 0.399 e. The van der Waals surface area contributed by atoms with E-state index >= 15 is 0 Å². The van der Waals surface area contributed by atoms with E-state index in [9.17, 15) is 9.18 Å². The molecule has 0 aliphatic carbocycles. The van der Waals surface area contributed by atoms with Crippen molar-refractivity contribution in [1.82, 2.24) is 0 Å². The van der Waals surface area contributed by atoms with E-state index in [0.717, 1.165) is 0 Å². The van der Waals surface area contributed by atoms with Crippen molar-refractivity contribution in [3.05, 3.63) is 56.3 Å². The van der Waals surface area contributed by atoms with Crippen LogP contribution in [0, 0.1) is 12.7 Å². The Morgan fingerprint density at radius 1 is 1.10 bits per heavy atom. The van der Waals surface area contributed by atoms with Gasteiger partial charge in [-0.2, -0.15) is 0 Å². The molecule has 0 heterocycles. The summed E-state index contributed by atoms with van der Waals surface area (Å²) in [6, 6.07) is 5.48. The van der Waals surface area contributed by atoms with Crippen molar-refractivity contribution in [1.29, 1.82) is 0 Å². The summed E-state index contributed by atoms with van der Waals surface area (Å²) in [4.78, 5) is 12.1. The highest BCUT2D eigenvalue weighted by Crippen LogP contribution is 2.32. The molecule has 21 heavy (non-hydrogen) atoms. The Hall–Kier alpha value is -1.49. The maximum Gasteiger partial charge on any atom is 0.258 e. The number of nitrogens with one attached hydrogen (secondary N) is 1. The summed E-state index contributed by atoms with van der Waals surface area (Å²) < 4.78 is 14.0. The maximum absolute atomic E-state index is 14.0. The molecule has 1 amide bonds. The standard InChI is InChI=1S/C14H10Cl3FN2O/c1-6-2-7(19)3-8(13(6)18)14(21)20-12-5-10(16)9(15)4-11(12)17/h2-5H,19H2,1H3,(H,20,21). The Morgan fingerprint density at radius 3 is 2.38 bits per heavy atom. The average molecular weight is 348 g/mol. The first-order valence-corrected chi connectivity index (χ1v) is 6.94. The molecule has 2 rings (SSSR count). The molecule has 0 aromatic heterocycles. The van der Waals surface area contributed by atoms with E-state index in [1.807, 2.05) is 0 Å². The lowest BCUT2D eigenvalue weighted by atomic mass is 10.1. The second-order valence-electron chi connectivity index (χ2n) is 4.40. The Morgan fingerprint density at radius 2 is 1.71 bits per heavy atom. The second-order valence-corrected chi connectivity index (χ2v) is 5.62. The van der Waals surface area contributed by atoms with Gasteiger partial charge < -0.3 is 11.1 Å². The number of halogens is 4. The summed E-state index contributed by atoms with van der Waals surface area (Å²) in [5, 5.41) is 3.15. The lowest BCUT2D eigenvalue weighted by molar-refractivity contribution is 0.102. The van der Waals surface area contributed by atoms with Gasteiger partial charge in [-0.25, -0.2) is 4.39 Å². The molecular weight excluding hydrogens is 338 g/mol. The monoisotopic (exact) mass is 346 g/mol. The van der Waals surface area contributed by atoms with E-state index in [0.29, 0.717) is 5.69 Å². The molecule has 0 radical (unpaired) electrons. The van der Waals surface area contributed by atoms with E-state index in [4.69, 9.17) is 40.5 Å². The van der Waals surface area contributed by atoms with Gasteiger partial charge in [0.2, 0.25) is 0 Å². The summed E-state index contributed by atoms with van der Waals surface area (Å²) in [5.41, 5.74) is 6.25. The number of amides is 1. The minimum atomic E-state index is -0.678. The molecule has 0 aliphatic rings. The summed E-state index contributed by atoms with van der Waals surface area (Å²) >= 11 is 17.6. The van der Waals surface area contributed by atoms with Crippen LogP contribution in [0.3, 0.4) is 0 Å². The van der Waals surface area contributed by atoms with E-state index < -0.39 is 11.7 Å². The number of carbonyl (C=O) groups is 1. The number of aryl methyl sites for hydroxylation is 1. The van der Waals surface area contributed by atoms with Crippen LogP contribution in [-0.4, -0.2) is 5.91 Å². The van der Waals surface area contributed by atoms with Gasteiger partial charge in [0, 0.05) is 5.69 Å². The van der Waals surface area contributed by atoms with Crippen molar-refractivity contribution in [3.8, 4) is 0 Å². The van der Waals surface area contributed by atoms with E-state index in [1.54, 1.807) is 0 Å². The first-order chi connectivity index (χ1) is 9.79. The first kappa shape index (κ1) is 15.9. The van der Waals surface area contributed by atoms with Crippen LogP contribution in [0.15, 0.2) is 24.3 Å². The highest BCUT2D eigenvalue weighted by atomic mass is 35.5. The molecule has 110 valence electrons. The summed E-state index contributed by atoms with van der Waals surface area (Å²) in [6.07, 6.45) is 0. The lowest BCUT2D eigenvalue weighted by Crippen LogP contribution is -2.15. The van der Waals surface area contributed by atoms with Crippen molar-refractivity contribution >= 4 is 52.1 Å². The molecule has 0 saturated heterocycles. The number of nitrogen functional groups attached to an aromatic ring is 1. The van der Waals surface area contributed by atoms with Crippen molar-refractivity contribution in [2.45, 2.75) is 6.92 Å². The van der Waals surface area contributed by atoms with Gasteiger partial charge in [0.15, 0.2) is 0 Å². The zero-order valence-corrected chi connectivity index (χ0v) is 13.1. The lowest BCUT2D eigenvalue weighted by Gasteiger charge is -2.11. The Balaban J connectivity index is 2.37. The number of carbonyl (C=O) groups excluding carboxylic acids is 1. The normalized spacial score (nSPS) is 10.5. The third-order valence-corrected chi connectivity index (χ3v) is 3.81. The van der Waals surface area contributed by atoms with Crippen molar-refractivity contribution in [2.75, 3.05) is 11.1 Å². The van der Waals surface area contributed by atoms with Crippen LogP contribution in [0.25, 0.3) is 0 Å². The van der Waals surface area contributed by atoms with Gasteiger partial charge in [-0.1, -0.05) is 34.8 Å². The predicted octanol–water partition coefficient (Wildman–Crippen LogP) is 4.93.